The average molecular weight is 399 g/mol. The van der Waals surface area contributed by atoms with Crippen LogP contribution in [0.15, 0.2) is 24.3 Å². The zero-order valence-corrected chi connectivity index (χ0v) is 17.7. The molecule has 1 saturated carbocycles. The predicted octanol–water partition coefficient (Wildman–Crippen LogP) is 5.49. The maximum atomic E-state index is 12.3. The highest BCUT2D eigenvalue weighted by Crippen LogP contribution is 2.26. The Balaban J connectivity index is 0.00000364. The Labute approximate surface area is 170 Å². The first kappa shape index (κ1) is 23.6. The molecule has 0 spiro atoms. The van der Waals surface area contributed by atoms with Gasteiger partial charge in [-0.3, -0.25) is 10.2 Å². The van der Waals surface area contributed by atoms with E-state index in [0.717, 1.165) is 63.2 Å². The molecule has 0 aromatic heterocycles. The number of ether oxygens (including phenoxy) is 2. The number of hydrogen-bond donors (Lipinski definition) is 1. The van der Waals surface area contributed by atoms with E-state index >= 15 is 0 Å². The van der Waals surface area contributed by atoms with Gasteiger partial charge in [0.05, 0.1) is 6.61 Å². The molecular weight excluding hydrogens is 364 g/mol. The molecule has 27 heavy (non-hydrogen) atoms. The van der Waals surface area contributed by atoms with Gasteiger partial charge in [0.25, 0.3) is 0 Å². The Morgan fingerprint density at radius 1 is 1.11 bits per heavy atom. The second-order valence-corrected chi connectivity index (χ2v) is 6.87. The fourth-order valence-corrected chi connectivity index (χ4v) is 3.58. The Hall–Kier alpha value is -1.46. The molecule has 0 heterocycles. The fraction of sp³-hybridized carbons (Fsp3) is 0.667. The number of carbonyl (C=O) groups is 1. The molecule has 1 aromatic rings. The van der Waals surface area contributed by atoms with Crippen molar-refractivity contribution in [1.29, 1.82) is 0 Å². The maximum absolute atomic E-state index is 12.3. The number of benzene rings is 1. The summed E-state index contributed by atoms with van der Waals surface area (Å²) in [4.78, 5) is 14.7. The Kier molecular flexibility index (Phi) is 11.2. The molecule has 1 aliphatic carbocycles. The number of nitrogens with zero attached hydrogens (tertiary/aromatic N) is 1. The summed E-state index contributed by atoms with van der Waals surface area (Å²) in [7, 11) is 0. The van der Waals surface area contributed by atoms with Crippen LogP contribution in [-0.4, -0.2) is 42.8 Å². The number of carbonyl (C=O) groups excluding carboxylic acids is 1. The first-order chi connectivity index (χ1) is 12.7. The van der Waals surface area contributed by atoms with E-state index in [4.69, 9.17) is 9.47 Å². The molecule has 1 aliphatic rings. The SMILES string of the molecule is CCCCOc1ccc(NC(=O)O[C@H]2CCCC[C@@H]2N(CC)CC)cc1.Cl. The molecule has 5 nitrogen and oxygen atoms in total. The van der Waals surface area contributed by atoms with E-state index in [0.29, 0.717) is 6.04 Å². The first-order valence-corrected chi connectivity index (χ1v) is 10.1. The summed E-state index contributed by atoms with van der Waals surface area (Å²) < 4.78 is 11.4. The molecular formula is C21H35ClN2O3. The highest BCUT2D eigenvalue weighted by molar-refractivity contribution is 5.85. The van der Waals surface area contributed by atoms with Crippen molar-refractivity contribution in [3.8, 4) is 5.75 Å². The second kappa shape index (κ2) is 12.8. The van der Waals surface area contributed by atoms with Gasteiger partial charge in [0, 0.05) is 11.7 Å². The molecule has 6 heteroatoms. The predicted molar refractivity (Wildman–Crippen MR) is 113 cm³/mol. The summed E-state index contributed by atoms with van der Waals surface area (Å²) in [6.45, 7) is 9.17. The first-order valence-electron chi connectivity index (χ1n) is 10.1. The van der Waals surface area contributed by atoms with Crippen LogP contribution >= 0.6 is 12.4 Å². The van der Waals surface area contributed by atoms with Crippen LogP contribution in [0.1, 0.15) is 59.3 Å². The van der Waals surface area contributed by atoms with Crippen LogP contribution in [0.25, 0.3) is 0 Å². The van der Waals surface area contributed by atoms with Crippen molar-refractivity contribution in [3.05, 3.63) is 24.3 Å². The normalized spacial score (nSPS) is 19.3. The van der Waals surface area contributed by atoms with Gasteiger partial charge >= 0.3 is 6.09 Å². The number of amides is 1. The number of hydrogen-bond acceptors (Lipinski definition) is 4. The van der Waals surface area contributed by atoms with Gasteiger partial charge in [0.2, 0.25) is 0 Å². The van der Waals surface area contributed by atoms with Gasteiger partial charge in [0.1, 0.15) is 11.9 Å². The molecule has 0 aliphatic heterocycles. The minimum Gasteiger partial charge on any atom is -0.494 e. The minimum atomic E-state index is -0.367. The van der Waals surface area contributed by atoms with Crippen molar-refractivity contribution in [2.75, 3.05) is 25.0 Å². The third-order valence-corrected chi connectivity index (χ3v) is 5.07. The molecule has 1 aromatic carbocycles. The highest BCUT2D eigenvalue weighted by atomic mass is 35.5. The molecule has 2 atom stereocenters. The second-order valence-electron chi connectivity index (χ2n) is 6.87. The summed E-state index contributed by atoms with van der Waals surface area (Å²) in [6, 6.07) is 7.80. The van der Waals surface area contributed by atoms with E-state index in [2.05, 4.69) is 31.0 Å². The average Bonchev–Trinajstić information content (AvgIpc) is 2.65. The zero-order valence-electron chi connectivity index (χ0n) is 16.9. The van der Waals surface area contributed by atoms with E-state index in [1.165, 1.54) is 6.42 Å². The highest BCUT2D eigenvalue weighted by Gasteiger charge is 2.31. The fourth-order valence-electron chi connectivity index (χ4n) is 3.58. The molecule has 0 radical (unpaired) electrons. The van der Waals surface area contributed by atoms with Crippen molar-refractivity contribution in [2.45, 2.75) is 71.4 Å². The van der Waals surface area contributed by atoms with Gasteiger partial charge in [-0.2, -0.15) is 0 Å². The molecule has 1 fully saturated rings. The summed E-state index contributed by atoms with van der Waals surface area (Å²) in [6.07, 6.45) is 6.14. The smallest absolute Gasteiger partial charge is 0.411 e. The zero-order chi connectivity index (χ0) is 18.8. The summed E-state index contributed by atoms with van der Waals surface area (Å²) >= 11 is 0. The lowest BCUT2D eigenvalue weighted by molar-refractivity contribution is 0.0125. The molecule has 1 amide bonds. The number of unbranched alkanes of at least 4 members (excludes halogenated alkanes) is 1. The minimum absolute atomic E-state index is 0. The number of likely N-dealkylation sites (N-methyl/N-ethyl adjacent to an activating group) is 1. The number of nitrogens with one attached hydrogen (secondary N) is 1. The van der Waals surface area contributed by atoms with Crippen molar-refractivity contribution >= 4 is 24.2 Å². The van der Waals surface area contributed by atoms with Crippen LogP contribution in [0.2, 0.25) is 0 Å². The standard InChI is InChI=1S/C21H34N2O3.ClH/c1-4-7-16-25-18-14-12-17(13-15-18)22-21(24)26-20-11-9-8-10-19(20)23(5-2)6-3;/h12-15,19-20H,4-11,16H2,1-3H3,(H,22,24);1H/t19-,20-;/m0./s1. The van der Waals surface area contributed by atoms with Crippen LogP contribution in [0.5, 0.6) is 5.75 Å². The molecule has 1 N–H and O–H groups in total. The van der Waals surface area contributed by atoms with Crippen LogP contribution < -0.4 is 10.1 Å². The maximum Gasteiger partial charge on any atom is 0.411 e. The lowest BCUT2D eigenvalue weighted by atomic mass is 9.91. The molecule has 0 unspecified atom stereocenters. The van der Waals surface area contributed by atoms with Gasteiger partial charge in [-0.05, 0) is 63.0 Å². The summed E-state index contributed by atoms with van der Waals surface area (Å²) in [5, 5.41) is 2.84. The van der Waals surface area contributed by atoms with E-state index in [-0.39, 0.29) is 24.6 Å². The van der Waals surface area contributed by atoms with Crippen molar-refractivity contribution in [1.82, 2.24) is 4.90 Å². The lowest BCUT2D eigenvalue weighted by Gasteiger charge is -2.38. The number of anilines is 1. The third-order valence-electron chi connectivity index (χ3n) is 5.07. The molecule has 0 bridgehead atoms. The van der Waals surface area contributed by atoms with E-state index in [1.807, 2.05) is 24.3 Å². The van der Waals surface area contributed by atoms with E-state index in [1.54, 1.807) is 0 Å². The van der Waals surface area contributed by atoms with E-state index in [9.17, 15) is 4.79 Å². The quantitative estimate of drug-likeness (QED) is 0.559. The molecule has 154 valence electrons. The van der Waals surface area contributed by atoms with Crippen LogP contribution in [0.4, 0.5) is 10.5 Å². The van der Waals surface area contributed by atoms with Crippen molar-refractivity contribution < 1.29 is 14.3 Å². The van der Waals surface area contributed by atoms with Crippen LogP contribution in [-0.2, 0) is 4.74 Å². The summed E-state index contributed by atoms with van der Waals surface area (Å²) in [5.74, 6) is 0.825. The molecule has 0 saturated heterocycles. The van der Waals surface area contributed by atoms with Crippen LogP contribution in [0.3, 0.4) is 0 Å². The number of rotatable bonds is 9. The largest absolute Gasteiger partial charge is 0.494 e. The molecule has 2 rings (SSSR count). The van der Waals surface area contributed by atoms with Gasteiger partial charge < -0.3 is 9.47 Å². The Bertz CT molecular complexity index is 535. The number of halogens is 1. The van der Waals surface area contributed by atoms with Gasteiger partial charge in [-0.15, -0.1) is 12.4 Å². The van der Waals surface area contributed by atoms with E-state index < -0.39 is 0 Å². The summed E-state index contributed by atoms with van der Waals surface area (Å²) in [5.41, 5.74) is 0.730. The topological polar surface area (TPSA) is 50.8 Å². The van der Waals surface area contributed by atoms with Gasteiger partial charge in [-0.25, -0.2) is 4.79 Å². The van der Waals surface area contributed by atoms with Gasteiger partial charge in [-0.1, -0.05) is 33.6 Å². The Morgan fingerprint density at radius 2 is 1.78 bits per heavy atom. The third kappa shape index (κ3) is 7.59. The lowest BCUT2D eigenvalue weighted by Crippen LogP contribution is -2.47. The van der Waals surface area contributed by atoms with Crippen molar-refractivity contribution in [2.24, 2.45) is 0 Å². The van der Waals surface area contributed by atoms with Crippen molar-refractivity contribution in [3.63, 3.8) is 0 Å². The monoisotopic (exact) mass is 398 g/mol. The van der Waals surface area contributed by atoms with Crippen LogP contribution in [0, 0.1) is 0 Å². The van der Waals surface area contributed by atoms with Gasteiger partial charge in [0.15, 0.2) is 0 Å². The Morgan fingerprint density at radius 3 is 2.41 bits per heavy atom.